The van der Waals surface area contributed by atoms with E-state index in [9.17, 15) is 0 Å². The molecule has 0 heterocycles. The van der Waals surface area contributed by atoms with Crippen LogP contribution in [-0.2, 0) is 0 Å². The number of benzene rings is 2. The number of hydrogen-bond acceptors (Lipinski definition) is 1. The fourth-order valence-electron chi connectivity index (χ4n) is 2.82. The third-order valence-electron chi connectivity index (χ3n) is 4.08. The molecule has 0 aliphatic heterocycles. The fourth-order valence-corrected chi connectivity index (χ4v) is 2.82. The fraction of sp³-hybridized carbons (Fsp3) is 0.333. The Morgan fingerprint density at radius 2 is 1.32 bits per heavy atom. The van der Waals surface area contributed by atoms with Crippen LogP contribution in [0.5, 0.6) is 0 Å². The first-order valence-corrected chi connectivity index (χ1v) is 6.85. The Labute approximate surface area is 116 Å². The van der Waals surface area contributed by atoms with Gasteiger partial charge in [0.05, 0.1) is 6.04 Å². The van der Waals surface area contributed by atoms with Gasteiger partial charge in [0.1, 0.15) is 0 Å². The zero-order valence-corrected chi connectivity index (χ0v) is 12.5. The lowest BCUT2D eigenvalue weighted by Crippen LogP contribution is -2.21. The van der Waals surface area contributed by atoms with Crippen molar-refractivity contribution in [3.63, 3.8) is 0 Å². The molecule has 100 valence electrons. The maximum Gasteiger partial charge on any atom is 0.0582 e. The summed E-state index contributed by atoms with van der Waals surface area (Å²) in [7, 11) is 2.04. The Bertz CT molecular complexity index is 564. The zero-order valence-electron chi connectivity index (χ0n) is 12.5. The summed E-state index contributed by atoms with van der Waals surface area (Å²) in [5.41, 5.74) is 8.20. The van der Waals surface area contributed by atoms with E-state index in [1.54, 1.807) is 0 Å². The van der Waals surface area contributed by atoms with Crippen molar-refractivity contribution in [3.8, 4) is 0 Å². The van der Waals surface area contributed by atoms with Crippen molar-refractivity contribution in [2.45, 2.75) is 33.7 Å². The van der Waals surface area contributed by atoms with Crippen molar-refractivity contribution in [1.82, 2.24) is 5.32 Å². The SMILES string of the molecule is CNC(c1cccc(C)c1C)c1c(C)cccc1C. The minimum atomic E-state index is 0.265. The van der Waals surface area contributed by atoms with Gasteiger partial charge in [-0.1, -0.05) is 36.4 Å². The van der Waals surface area contributed by atoms with E-state index in [4.69, 9.17) is 0 Å². The second-order valence-electron chi connectivity index (χ2n) is 5.32. The van der Waals surface area contributed by atoms with E-state index in [2.05, 4.69) is 69.4 Å². The van der Waals surface area contributed by atoms with E-state index in [1.807, 2.05) is 7.05 Å². The zero-order chi connectivity index (χ0) is 14.0. The van der Waals surface area contributed by atoms with Crippen LogP contribution in [0.1, 0.15) is 39.4 Å². The van der Waals surface area contributed by atoms with Crippen LogP contribution < -0.4 is 5.32 Å². The average Bonchev–Trinajstić information content (AvgIpc) is 2.38. The van der Waals surface area contributed by atoms with E-state index in [0.717, 1.165) is 0 Å². The van der Waals surface area contributed by atoms with E-state index < -0.39 is 0 Å². The maximum absolute atomic E-state index is 3.48. The first kappa shape index (κ1) is 13.8. The first-order valence-electron chi connectivity index (χ1n) is 6.85. The number of hydrogen-bond donors (Lipinski definition) is 1. The first-order chi connectivity index (χ1) is 9.06. The quantitative estimate of drug-likeness (QED) is 0.863. The van der Waals surface area contributed by atoms with Gasteiger partial charge >= 0.3 is 0 Å². The van der Waals surface area contributed by atoms with Gasteiger partial charge in [-0.05, 0) is 68.1 Å². The van der Waals surface area contributed by atoms with E-state index >= 15 is 0 Å². The predicted molar refractivity (Wildman–Crippen MR) is 82.7 cm³/mol. The van der Waals surface area contributed by atoms with E-state index in [0.29, 0.717) is 0 Å². The highest BCUT2D eigenvalue weighted by molar-refractivity contribution is 5.45. The molecular weight excluding hydrogens is 230 g/mol. The minimum Gasteiger partial charge on any atom is -0.309 e. The predicted octanol–water partition coefficient (Wildman–Crippen LogP) is 4.23. The van der Waals surface area contributed by atoms with Gasteiger partial charge in [0.2, 0.25) is 0 Å². The Hall–Kier alpha value is -1.60. The molecule has 0 spiro atoms. The molecule has 1 unspecified atom stereocenters. The van der Waals surface area contributed by atoms with Crippen LogP contribution in [0.4, 0.5) is 0 Å². The summed E-state index contributed by atoms with van der Waals surface area (Å²) in [5, 5.41) is 3.48. The molecule has 0 saturated heterocycles. The van der Waals surface area contributed by atoms with Gasteiger partial charge in [0.15, 0.2) is 0 Å². The average molecular weight is 253 g/mol. The molecule has 19 heavy (non-hydrogen) atoms. The van der Waals surface area contributed by atoms with Crippen LogP contribution in [-0.4, -0.2) is 7.05 Å². The van der Waals surface area contributed by atoms with Crippen molar-refractivity contribution in [2.24, 2.45) is 0 Å². The molecule has 0 aliphatic rings. The number of aryl methyl sites for hydroxylation is 3. The second-order valence-corrected chi connectivity index (χ2v) is 5.32. The van der Waals surface area contributed by atoms with Gasteiger partial charge < -0.3 is 5.32 Å². The summed E-state index contributed by atoms with van der Waals surface area (Å²) in [6.45, 7) is 8.77. The highest BCUT2D eigenvalue weighted by Crippen LogP contribution is 2.30. The third-order valence-corrected chi connectivity index (χ3v) is 4.08. The summed E-state index contributed by atoms with van der Waals surface area (Å²) in [6.07, 6.45) is 0. The lowest BCUT2D eigenvalue weighted by molar-refractivity contribution is 0.678. The van der Waals surface area contributed by atoms with Gasteiger partial charge in [0, 0.05) is 0 Å². The summed E-state index contributed by atoms with van der Waals surface area (Å²) in [5.74, 6) is 0. The van der Waals surface area contributed by atoms with Crippen molar-refractivity contribution in [2.75, 3.05) is 7.05 Å². The molecule has 0 bridgehead atoms. The lowest BCUT2D eigenvalue weighted by Gasteiger charge is -2.24. The van der Waals surface area contributed by atoms with Crippen molar-refractivity contribution >= 4 is 0 Å². The minimum absolute atomic E-state index is 0.265. The topological polar surface area (TPSA) is 12.0 Å². The molecule has 1 atom stereocenters. The molecule has 1 N–H and O–H groups in total. The maximum atomic E-state index is 3.48. The molecule has 0 saturated carbocycles. The molecule has 1 nitrogen and oxygen atoms in total. The molecular formula is C18H23N. The van der Waals surface area contributed by atoms with Crippen LogP contribution in [0.25, 0.3) is 0 Å². The van der Waals surface area contributed by atoms with Gasteiger partial charge in [-0.15, -0.1) is 0 Å². The lowest BCUT2D eigenvalue weighted by atomic mass is 9.88. The Balaban J connectivity index is 2.60. The second kappa shape index (κ2) is 5.58. The smallest absolute Gasteiger partial charge is 0.0582 e. The van der Waals surface area contributed by atoms with Gasteiger partial charge in [-0.3, -0.25) is 0 Å². The standard InChI is InChI=1S/C18H23N/c1-12-8-7-11-16(15(12)4)18(19-5)17-13(2)9-6-10-14(17)3/h6-11,18-19H,1-5H3. The summed E-state index contributed by atoms with van der Waals surface area (Å²) < 4.78 is 0. The van der Waals surface area contributed by atoms with Gasteiger partial charge in [0.25, 0.3) is 0 Å². The van der Waals surface area contributed by atoms with Crippen molar-refractivity contribution in [1.29, 1.82) is 0 Å². The Morgan fingerprint density at radius 3 is 1.89 bits per heavy atom. The number of rotatable bonds is 3. The molecule has 2 rings (SSSR count). The van der Waals surface area contributed by atoms with Crippen LogP contribution in [0.15, 0.2) is 36.4 Å². The van der Waals surface area contributed by atoms with Gasteiger partial charge in [-0.25, -0.2) is 0 Å². The van der Waals surface area contributed by atoms with Crippen molar-refractivity contribution in [3.05, 3.63) is 69.8 Å². The van der Waals surface area contributed by atoms with Gasteiger partial charge in [-0.2, -0.15) is 0 Å². The molecule has 1 heteroatoms. The normalized spacial score (nSPS) is 12.5. The molecule has 0 aliphatic carbocycles. The van der Waals surface area contributed by atoms with Crippen LogP contribution >= 0.6 is 0 Å². The van der Waals surface area contributed by atoms with Crippen LogP contribution in [0.2, 0.25) is 0 Å². The van der Waals surface area contributed by atoms with Crippen LogP contribution in [0.3, 0.4) is 0 Å². The highest BCUT2D eigenvalue weighted by Gasteiger charge is 2.18. The summed E-state index contributed by atoms with van der Waals surface area (Å²) in [4.78, 5) is 0. The Morgan fingerprint density at radius 1 is 0.789 bits per heavy atom. The summed E-state index contributed by atoms with van der Waals surface area (Å²) in [6, 6.07) is 13.3. The highest BCUT2D eigenvalue weighted by atomic mass is 14.9. The molecule has 0 aromatic heterocycles. The monoisotopic (exact) mass is 253 g/mol. The van der Waals surface area contributed by atoms with E-state index in [-0.39, 0.29) is 6.04 Å². The molecule has 2 aromatic rings. The molecule has 0 radical (unpaired) electrons. The number of nitrogens with one attached hydrogen (secondary N) is 1. The largest absolute Gasteiger partial charge is 0.309 e. The third kappa shape index (κ3) is 2.57. The Kier molecular flexibility index (Phi) is 4.06. The van der Waals surface area contributed by atoms with Crippen LogP contribution in [0, 0.1) is 27.7 Å². The summed E-state index contributed by atoms with van der Waals surface area (Å²) >= 11 is 0. The molecule has 0 fully saturated rings. The van der Waals surface area contributed by atoms with Crippen molar-refractivity contribution < 1.29 is 0 Å². The molecule has 2 aromatic carbocycles. The molecule has 0 amide bonds. The van der Waals surface area contributed by atoms with E-state index in [1.165, 1.54) is 33.4 Å².